The van der Waals surface area contributed by atoms with Gasteiger partial charge in [-0.25, -0.2) is 4.79 Å². The molecule has 0 aromatic heterocycles. The number of aryl methyl sites for hydroxylation is 1. The van der Waals surface area contributed by atoms with Crippen LogP contribution in [0.3, 0.4) is 0 Å². The van der Waals surface area contributed by atoms with Crippen LogP contribution in [-0.4, -0.2) is 5.97 Å². The lowest BCUT2D eigenvalue weighted by Gasteiger charge is -2.07. The van der Waals surface area contributed by atoms with Crippen LogP contribution >= 0.6 is 0 Å². The molecule has 0 unspecified atom stereocenters. The molecule has 4 rings (SSSR count). The number of unbranched alkanes of at least 4 members (excludes halogenated alkanes) is 4. The van der Waals surface area contributed by atoms with Crippen LogP contribution < -0.4 is 4.74 Å². The lowest BCUT2D eigenvalue weighted by atomic mass is 9.99. The standard InChI is InChI=1S/C28H27NO2/c1-2-3-4-5-6-7-20-10-14-26-23(16-20)18-24-17-22(11-15-27(24)26)28(30)31-25-12-8-21(19-29)9-13-25/h8-17H,2-7,18H2,1H3. The fourth-order valence-corrected chi connectivity index (χ4v) is 4.24. The lowest BCUT2D eigenvalue weighted by Crippen LogP contribution is -2.08. The average Bonchev–Trinajstić information content (AvgIpc) is 3.16. The van der Waals surface area contributed by atoms with Crippen molar-refractivity contribution in [1.82, 2.24) is 0 Å². The Morgan fingerprint density at radius 3 is 2.35 bits per heavy atom. The second-order valence-corrected chi connectivity index (χ2v) is 8.23. The summed E-state index contributed by atoms with van der Waals surface area (Å²) in [6.45, 7) is 2.25. The Balaban J connectivity index is 1.42. The summed E-state index contributed by atoms with van der Waals surface area (Å²) in [7, 11) is 0. The van der Waals surface area contributed by atoms with E-state index in [4.69, 9.17) is 10.00 Å². The molecular formula is C28H27NO2. The molecule has 0 spiro atoms. The smallest absolute Gasteiger partial charge is 0.343 e. The third kappa shape index (κ3) is 4.86. The van der Waals surface area contributed by atoms with E-state index < -0.39 is 0 Å². The minimum atomic E-state index is -0.378. The molecule has 0 fully saturated rings. The molecule has 0 saturated carbocycles. The molecule has 0 bridgehead atoms. The predicted octanol–water partition coefficient (Wildman–Crippen LogP) is 6.86. The normalized spacial score (nSPS) is 11.5. The zero-order valence-electron chi connectivity index (χ0n) is 18.0. The quantitative estimate of drug-likeness (QED) is 0.181. The van der Waals surface area contributed by atoms with E-state index in [-0.39, 0.29) is 5.97 Å². The zero-order valence-corrected chi connectivity index (χ0v) is 18.0. The molecule has 0 aliphatic heterocycles. The average molecular weight is 410 g/mol. The SMILES string of the molecule is CCCCCCCc1ccc2c(c1)Cc1cc(C(=O)Oc3ccc(C#N)cc3)ccc1-2. The van der Waals surface area contributed by atoms with Crippen LogP contribution in [0.1, 0.15) is 71.6 Å². The molecule has 31 heavy (non-hydrogen) atoms. The van der Waals surface area contributed by atoms with E-state index in [9.17, 15) is 4.79 Å². The van der Waals surface area contributed by atoms with Gasteiger partial charge in [-0.15, -0.1) is 0 Å². The van der Waals surface area contributed by atoms with Crippen molar-refractivity contribution in [2.24, 2.45) is 0 Å². The van der Waals surface area contributed by atoms with Crippen LogP contribution in [0, 0.1) is 11.3 Å². The number of nitrogens with zero attached hydrogens (tertiary/aromatic N) is 1. The van der Waals surface area contributed by atoms with Crippen molar-refractivity contribution in [3.05, 3.63) is 88.5 Å². The fourth-order valence-electron chi connectivity index (χ4n) is 4.24. The first-order valence-electron chi connectivity index (χ1n) is 11.2. The van der Waals surface area contributed by atoms with E-state index in [0.29, 0.717) is 16.9 Å². The molecule has 3 aromatic rings. The van der Waals surface area contributed by atoms with Crippen LogP contribution in [0.4, 0.5) is 0 Å². The van der Waals surface area contributed by atoms with Crippen LogP contribution in [0.25, 0.3) is 11.1 Å². The maximum atomic E-state index is 12.6. The highest BCUT2D eigenvalue weighted by Crippen LogP contribution is 2.37. The molecule has 0 saturated heterocycles. The topological polar surface area (TPSA) is 50.1 Å². The van der Waals surface area contributed by atoms with Gasteiger partial charge in [0.05, 0.1) is 17.2 Å². The Bertz CT molecular complexity index is 1120. The molecule has 3 nitrogen and oxygen atoms in total. The molecule has 1 aliphatic rings. The Labute approximate surface area is 184 Å². The molecule has 156 valence electrons. The molecule has 3 heteroatoms. The van der Waals surface area contributed by atoms with Gasteiger partial charge >= 0.3 is 5.97 Å². The number of benzene rings is 3. The summed E-state index contributed by atoms with van der Waals surface area (Å²) < 4.78 is 5.48. The highest BCUT2D eigenvalue weighted by molar-refractivity contribution is 5.93. The summed E-state index contributed by atoms with van der Waals surface area (Å²) in [6, 6.07) is 21.3. The summed E-state index contributed by atoms with van der Waals surface area (Å²) in [5.41, 5.74) is 7.49. The zero-order chi connectivity index (χ0) is 21.6. The van der Waals surface area contributed by atoms with Crippen molar-refractivity contribution in [3.8, 4) is 22.9 Å². The maximum absolute atomic E-state index is 12.6. The summed E-state index contributed by atoms with van der Waals surface area (Å²) in [6.07, 6.45) is 8.47. The number of hydrogen-bond acceptors (Lipinski definition) is 3. The monoisotopic (exact) mass is 409 g/mol. The van der Waals surface area contributed by atoms with E-state index in [2.05, 4.69) is 31.2 Å². The second-order valence-electron chi connectivity index (χ2n) is 8.23. The minimum Gasteiger partial charge on any atom is -0.423 e. The fraction of sp³-hybridized carbons (Fsp3) is 0.286. The van der Waals surface area contributed by atoms with Gasteiger partial charge in [0.25, 0.3) is 0 Å². The van der Waals surface area contributed by atoms with Crippen LogP contribution in [0.5, 0.6) is 5.75 Å². The highest BCUT2D eigenvalue weighted by atomic mass is 16.5. The molecule has 0 amide bonds. The van der Waals surface area contributed by atoms with E-state index in [0.717, 1.165) is 12.8 Å². The number of rotatable bonds is 8. The number of carbonyl (C=O) groups excluding carboxylic acids is 1. The van der Waals surface area contributed by atoms with Gasteiger partial charge in [0.15, 0.2) is 0 Å². The van der Waals surface area contributed by atoms with E-state index >= 15 is 0 Å². The molecule has 0 radical (unpaired) electrons. The van der Waals surface area contributed by atoms with Crippen LogP contribution in [-0.2, 0) is 12.8 Å². The number of hydrogen-bond donors (Lipinski definition) is 0. The Morgan fingerprint density at radius 1 is 0.903 bits per heavy atom. The maximum Gasteiger partial charge on any atom is 0.343 e. The van der Waals surface area contributed by atoms with Gasteiger partial charge in [-0.1, -0.05) is 56.9 Å². The third-order valence-electron chi connectivity index (χ3n) is 5.94. The van der Waals surface area contributed by atoms with Gasteiger partial charge in [0, 0.05) is 0 Å². The van der Waals surface area contributed by atoms with Crippen LogP contribution in [0.2, 0.25) is 0 Å². The first-order chi connectivity index (χ1) is 15.2. The van der Waals surface area contributed by atoms with Gasteiger partial charge in [-0.3, -0.25) is 0 Å². The molecule has 0 N–H and O–H groups in total. The van der Waals surface area contributed by atoms with E-state index in [1.165, 1.54) is 59.9 Å². The van der Waals surface area contributed by atoms with Gasteiger partial charge in [0.1, 0.15) is 5.75 Å². The lowest BCUT2D eigenvalue weighted by molar-refractivity contribution is 0.0734. The van der Waals surface area contributed by atoms with Gasteiger partial charge in [-0.05, 0) is 83.5 Å². The molecular weight excluding hydrogens is 382 g/mol. The first-order valence-corrected chi connectivity index (χ1v) is 11.2. The van der Waals surface area contributed by atoms with Crippen molar-refractivity contribution in [3.63, 3.8) is 0 Å². The van der Waals surface area contributed by atoms with Crippen molar-refractivity contribution in [2.75, 3.05) is 0 Å². The van der Waals surface area contributed by atoms with E-state index in [1.54, 1.807) is 24.3 Å². The third-order valence-corrected chi connectivity index (χ3v) is 5.94. The number of ether oxygens (including phenoxy) is 1. The number of carbonyl (C=O) groups is 1. The number of fused-ring (bicyclic) bond motifs is 3. The molecule has 0 heterocycles. The van der Waals surface area contributed by atoms with Crippen molar-refractivity contribution in [1.29, 1.82) is 5.26 Å². The predicted molar refractivity (Wildman–Crippen MR) is 123 cm³/mol. The Morgan fingerprint density at radius 2 is 1.61 bits per heavy atom. The Hall–Kier alpha value is -3.38. The summed E-state index contributed by atoms with van der Waals surface area (Å²) in [4.78, 5) is 12.6. The van der Waals surface area contributed by atoms with Crippen LogP contribution in [0.15, 0.2) is 60.7 Å². The second kappa shape index (κ2) is 9.62. The van der Waals surface area contributed by atoms with Crippen molar-refractivity contribution >= 4 is 5.97 Å². The molecule has 0 atom stereocenters. The molecule has 1 aliphatic carbocycles. The summed E-state index contributed by atoms with van der Waals surface area (Å²) in [5, 5.41) is 8.89. The number of esters is 1. The van der Waals surface area contributed by atoms with Gasteiger partial charge in [0.2, 0.25) is 0 Å². The van der Waals surface area contributed by atoms with Crippen molar-refractivity contribution < 1.29 is 9.53 Å². The van der Waals surface area contributed by atoms with Gasteiger partial charge < -0.3 is 4.74 Å². The van der Waals surface area contributed by atoms with Gasteiger partial charge in [-0.2, -0.15) is 5.26 Å². The minimum absolute atomic E-state index is 0.378. The number of nitriles is 1. The first kappa shape index (κ1) is 20.9. The summed E-state index contributed by atoms with van der Waals surface area (Å²) in [5.74, 6) is 0.0626. The Kier molecular flexibility index (Phi) is 6.48. The molecule has 3 aromatic carbocycles. The highest BCUT2D eigenvalue weighted by Gasteiger charge is 2.21. The largest absolute Gasteiger partial charge is 0.423 e. The van der Waals surface area contributed by atoms with Crippen molar-refractivity contribution in [2.45, 2.75) is 51.9 Å². The summed E-state index contributed by atoms with van der Waals surface area (Å²) >= 11 is 0. The van der Waals surface area contributed by atoms with E-state index in [1.807, 2.05) is 18.2 Å².